The summed E-state index contributed by atoms with van der Waals surface area (Å²) in [5.74, 6) is 0.203. The minimum atomic E-state index is -0.413. The third-order valence-corrected chi connectivity index (χ3v) is 6.95. The Morgan fingerprint density at radius 2 is 1.39 bits per heavy atom. The molecule has 41 heavy (non-hydrogen) atoms. The van der Waals surface area contributed by atoms with Crippen LogP contribution in [-0.4, -0.2) is 18.4 Å². The molecule has 0 aliphatic carbocycles. The molecule has 0 aliphatic heterocycles. The molecule has 0 fully saturated rings. The first-order chi connectivity index (χ1) is 20.0. The molecule has 0 aromatic heterocycles. The standard InChI is InChI=1S/C35H46N2O4/c1-3-4-5-6-7-8-9-10-11-15-25-36-35(39)32-23-21-30(22-24-32)27-37(41-29(2)38)33-19-16-20-34(26-33)40-28-31-17-13-12-14-18-31/h12-14,16-24,26H,3-11,15,25,27-28H2,1-2H3,(H,36,39). The van der Waals surface area contributed by atoms with E-state index in [2.05, 4.69) is 12.2 Å². The van der Waals surface area contributed by atoms with Crippen LogP contribution in [0.1, 0.15) is 99.5 Å². The van der Waals surface area contributed by atoms with Crippen LogP contribution in [0.4, 0.5) is 5.69 Å². The van der Waals surface area contributed by atoms with E-state index in [0.717, 1.165) is 24.0 Å². The van der Waals surface area contributed by atoms with Crippen molar-refractivity contribution < 1.29 is 19.2 Å². The number of carbonyl (C=O) groups excluding carboxylic acids is 2. The molecule has 0 unspecified atom stereocenters. The number of hydrogen-bond donors (Lipinski definition) is 1. The quantitative estimate of drug-likeness (QED) is 0.118. The lowest BCUT2D eigenvalue weighted by Gasteiger charge is -2.23. The molecule has 0 aliphatic rings. The molecule has 0 saturated heterocycles. The third kappa shape index (κ3) is 12.5. The summed E-state index contributed by atoms with van der Waals surface area (Å²) in [4.78, 5) is 30.0. The van der Waals surface area contributed by atoms with Gasteiger partial charge in [-0.25, -0.2) is 5.06 Å². The Bertz CT molecular complexity index is 1160. The summed E-state index contributed by atoms with van der Waals surface area (Å²) >= 11 is 0. The molecule has 0 saturated carbocycles. The molecule has 1 N–H and O–H groups in total. The van der Waals surface area contributed by atoms with Gasteiger partial charge in [-0.3, -0.25) is 9.59 Å². The van der Waals surface area contributed by atoms with E-state index in [1.54, 1.807) is 0 Å². The van der Waals surface area contributed by atoms with Crippen molar-refractivity contribution in [2.24, 2.45) is 0 Å². The number of anilines is 1. The summed E-state index contributed by atoms with van der Waals surface area (Å²) in [7, 11) is 0. The second-order valence-electron chi connectivity index (χ2n) is 10.5. The van der Waals surface area contributed by atoms with E-state index in [9.17, 15) is 9.59 Å². The fourth-order valence-corrected chi connectivity index (χ4v) is 4.64. The van der Waals surface area contributed by atoms with Gasteiger partial charge in [0.1, 0.15) is 12.4 Å². The summed E-state index contributed by atoms with van der Waals surface area (Å²) in [6.45, 7) is 5.11. The molecule has 0 heterocycles. The van der Waals surface area contributed by atoms with Crippen LogP contribution in [0.2, 0.25) is 0 Å². The molecule has 1 amide bonds. The van der Waals surface area contributed by atoms with Crippen molar-refractivity contribution in [3.8, 4) is 5.75 Å². The van der Waals surface area contributed by atoms with Crippen LogP contribution in [-0.2, 0) is 22.8 Å². The first-order valence-corrected chi connectivity index (χ1v) is 15.1. The number of rotatable bonds is 19. The van der Waals surface area contributed by atoms with Crippen molar-refractivity contribution >= 4 is 17.6 Å². The van der Waals surface area contributed by atoms with Gasteiger partial charge in [0.25, 0.3) is 5.91 Å². The SMILES string of the molecule is CCCCCCCCCCCCNC(=O)c1ccc(CN(OC(C)=O)c2cccc(OCc3ccccc3)c2)cc1. The Morgan fingerprint density at radius 1 is 0.732 bits per heavy atom. The first kappa shape index (κ1) is 31.7. The molecule has 0 bridgehead atoms. The van der Waals surface area contributed by atoms with Crippen LogP contribution in [0.15, 0.2) is 78.9 Å². The number of nitrogens with one attached hydrogen (secondary N) is 1. The number of unbranched alkanes of at least 4 members (excludes halogenated alkanes) is 9. The van der Waals surface area contributed by atoms with Crippen molar-refractivity contribution in [1.82, 2.24) is 5.32 Å². The molecular formula is C35H46N2O4. The average Bonchev–Trinajstić information content (AvgIpc) is 2.99. The van der Waals surface area contributed by atoms with Gasteiger partial charge in [0.2, 0.25) is 0 Å². The highest BCUT2D eigenvalue weighted by molar-refractivity contribution is 5.94. The van der Waals surface area contributed by atoms with Gasteiger partial charge >= 0.3 is 5.97 Å². The zero-order valence-corrected chi connectivity index (χ0v) is 24.8. The van der Waals surface area contributed by atoms with E-state index in [0.29, 0.717) is 36.7 Å². The lowest BCUT2D eigenvalue weighted by Crippen LogP contribution is -2.26. The molecule has 3 rings (SSSR count). The fourth-order valence-electron chi connectivity index (χ4n) is 4.64. The third-order valence-electron chi connectivity index (χ3n) is 6.95. The van der Waals surface area contributed by atoms with Gasteiger partial charge in [0, 0.05) is 25.1 Å². The summed E-state index contributed by atoms with van der Waals surface area (Å²) in [5, 5.41) is 4.57. The molecule has 220 valence electrons. The van der Waals surface area contributed by atoms with Crippen molar-refractivity contribution in [2.45, 2.75) is 91.2 Å². The lowest BCUT2D eigenvalue weighted by atomic mass is 10.1. The minimum Gasteiger partial charge on any atom is -0.489 e. The van der Waals surface area contributed by atoms with Crippen molar-refractivity contribution in [1.29, 1.82) is 0 Å². The second kappa shape index (κ2) is 18.5. The van der Waals surface area contributed by atoms with Crippen LogP contribution in [0.3, 0.4) is 0 Å². The zero-order chi connectivity index (χ0) is 29.1. The van der Waals surface area contributed by atoms with Crippen molar-refractivity contribution in [3.63, 3.8) is 0 Å². The highest BCUT2D eigenvalue weighted by atomic mass is 16.7. The molecule has 3 aromatic rings. The molecule has 0 spiro atoms. The van der Waals surface area contributed by atoms with Crippen LogP contribution >= 0.6 is 0 Å². The number of benzene rings is 3. The van der Waals surface area contributed by atoms with Gasteiger partial charge in [-0.05, 0) is 41.8 Å². The monoisotopic (exact) mass is 558 g/mol. The summed E-state index contributed by atoms with van der Waals surface area (Å²) in [6, 6.07) is 24.8. The normalized spacial score (nSPS) is 10.7. The van der Waals surface area contributed by atoms with E-state index in [1.807, 2.05) is 78.9 Å². The van der Waals surface area contributed by atoms with Crippen LogP contribution in [0.5, 0.6) is 5.75 Å². The van der Waals surface area contributed by atoms with Gasteiger partial charge in [0.15, 0.2) is 0 Å². The van der Waals surface area contributed by atoms with Crippen LogP contribution in [0, 0.1) is 0 Å². The second-order valence-corrected chi connectivity index (χ2v) is 10.5. The maximum Gasteiger partial charge on any atom is 0.329 e. The van der Waals surface area contributed by atoms with E-state index in [-0.39, 0.29) is 5.91 Å². The minimum absolute atomic E-state index is 0.0624. The van der Waals surface area contributed by atoms with Crippen LogP contribution < -0.4 is 15.1 Å². The maximum absolute atomic E-state index is 12.6. The smallest absolute Gasteiger partial charge is 0.329 e. The van der Waals surface area contributed by atoms with Crippen molar-refractivity contribution in [3.05, 3.63) is 95.6 Å². The molecule has 0 atom stereocenters. The van der Waals surface area contributed by atoms with Crippen LogP contribution in [0.25, 0.3) is 0 Å². The molecule has 6 nitrogen and oxygen atoms in total. The average molecular weight is 559 g/mol. The zero-order valence-electron chi connectivity index (χ0n) is 24.8. The first-order valence-electron chi connectivity index (χ1n) is 15.1. The lowest BCUT2D eigenvalue weighted by molar-refractivity contribution is -0.142. The number of ether oxygens (including phenoxy) is 1. The largest absolute Gasteiger partial charge is 0.489 e. The molecule has 6 heteroatoms. The van der Waals surface area contributed by atoms with Gasteiger partial charge in [-0.2, -0.15) is 0 Å². The maximum atomic E-state index is 12.6. The Morgan fingerprint density at radius 3 is 2.05 bits per heavy atom. The molecular weight excluding hydrogens is 512 g/mol. The number of hydroxylamine groups is 1. The Balaban J connectivity index is 1.44. The van der Waals surface area contributed by atoms with Crippen molar-refractivity contribution in [2.75, 3.05) is 11.6 Å². The predicted molar refractivity (Wildman–Crippen MR) is 166 cm³/mol. The fraction of sp³-hybridized carbons (Fsp3) is 0.429. The summed E-state index contributed by atoms with van der Waals surface area (Å²) in [5.41, 5.74) is 3.30. The summed E-state index contributed by atoms with van der Waals surface area (Å²) < 4.78 is 5.95. The van der Waals surface area contributed by atoms with Gasteiger partial charge in [0.05, 0.1) is 12.2 Å². The van der Waals surface area contributed by atoms with E-state index in [1.165, 1.54) is 63.4 Å². The predicted octanol–water partition coefficient (Wildman–Crippen LogP) is 8.40. The van der Waals surface area contributed by atoms with Gasteiger partial charge in [-0.1, -0.05) is 113 Å². The number of amides is 1. The Hall–Kier alpha value is -3.80. The van der Waals surface area contributed by atoms with Gasteiger partial charge < -0.3 is 14.9 Å². The number of nitrogens with zero attached hydrogens (tertiary/aromatic N) is 1. The highest BCUT2D eigenvalue weighted by Crippen LogP contribution is 2.24. The Labute approximate surface area is 246 Å². The molecule has 0 radical (unpaired) electrons. The molecule has 3 aromatic carbocycles. The highest BCUT2D eigenvalue weighted by Gasteiger charge is 2.13. The van der Waals surface area contributed by atoms with E-state index < -0.39 is 5.97 Å². The van der Waals surface area contributed by atoms with E-state index >= 15 is 0 Å². The number of hydrogen-bond acceptors (Lipinski definition) is 5. The Kier molecular flexibility index (Phi) is 14.3. The topological polar surface area (TPSA) is 67.9 Å². The number of carbonyl (C=O) groups is 2. The van der Waals surface area contributed by atoms with E-state index in [4.69, 9.17) is 9.57 Å². The summed E-state index contributed by atoms with van der Waals surface area (Å²) in [6.07, 6.45) is 12.7. The van der Waals surface area contributed by atoms with Gasteiger partial charge in [-0.15, -0.1) is 0 Å².